The van der Waals surface area contributed by atoms with E-state index in [1.807, 2.05) is 0 Å². The summed E-state index contributed by atoms with van der Waals surface area (Å²) in [6.07, 6.45) is 7.43. The molecule has 13 nitrogen and oxygen atoms in total. The zero-order valence-electron chi connectivity index (χ0n) is 30.8. The third kappa shape index (κ3) is 9.11. The van der Waals surface area contributed by atoms with Crippen LogP contribution in [0.3, 0.4) is 0 Å². The lowest BCUT2D eigenvalue weighted by molar-refractivity contribution is -0.136. The maximum Gasteiger partial charge on any atom is 0.418 e. The fourth-order valence-electron chi connectivity index (χ4n) is 6.00. The van der Waals surface area contributed by atoms with Crippen molar-refractivity contribution in [3.8, 4) is 18.2 Å². The van der Waals surface area contributed by atoms with Crippen molar-refractivity contribution >= 4 is 48.6 Å². The van der Waals surface area contributed by atoms with E-state index in [4.69, 9.17) is 30.4 Å². The summed E-state index contributed by atoms with van der Waals surface area (Å²) in [5.74, 6) is 0.773. The number of morpholine rings is 1. The Morgan fingerprint density at radius 3 is 2.56 bits per heavy atom. The second-order valence-corrected chi connectivity index (χ2v) is 22.3. The summed E-state index contributed by atoms with van der Waals surface area (Å²) >= 11 is 1.20. The van der Waals surface area contributed by atoms with Crippen LogP contribution in [0.15, 0.2) is 35.6 Å². The molecular formula is C36H47FN6O7SSi. The lowest BCUT2D eigenvalue weighted by Crippen LogP contribution is -2.51. The van der Waals surface area contributed by atoms with E-state index in [1.54, 1.807) is 32.6 Å². The predicted molar refractivity (Wildman–Crippen MR) is 198 cm³/mol. The predicted octanol–water partition coefficient (Wildman–Crippen LogP) is 5.36. The molecule has 0 bridgehead atoms. The number of fused-ring (bicyclic) bond motifs is 1. The number of carbonyl (C=O) groups is 3. The zero-order chi connectivity index (χ0) is 37.9. The molecule has 5 rings (SSSR count). The van der Waals surface area contributed by atoms with E-state index in [0.29, 0.717) is 39.3 Å². The second kappa shape index (κ2) is 15.5. The first kappa shape index (κ1) is 39.2. The normalized spacial score (nSPS) is 22.7. The Kier molecular flexibility index (Phi) is 11.7. The smallest absolute Gasteiger partial charge is 0.418 e. The summed E-state index contributed by atoms with van der Waals surface area (Å²) < 4.78 is 37.6. The molecule has 3 aliphatic rings. The number of nitrogens with one attached hydrogen (secondary N) is 1. The van der Waals surface area contributed by atoms with Crippen molar-refractivity contribution in [1.82, 2.24) is 19.8 Å². The third-order valence-corrected chi connectivity index (χ3v) is 12.0. The molecule has 1 aromatic heterocycles. The number of nitrogens with zero attached hydrogens (tertiary/aromatic N) is 5. The van der Waals surface area contributed by atoms with Crippen molar-refractivity contribution in [2.75, 3.05) is 51.6 Å². The van der Waals surface area contributed by atoms with Gasteiger partial charge in [0.1, 0.15) is 28.6 Å². The summed E-state index contributed by atoms with van der Waals surface area (Å²) in [6, 6.07) is 5.05. The summed E-state index contributed by atoms with van der Waals surface area (Å²) in [7, 11) is -1.45. The monoisotopic (exact) mass is 754 g/mol. The minimum absolute atomic E-state index is 0.000958. The van der Waals surface area contributed by atoms with Gasteiger partial charge in [-0.15, -0.1) is 6.42 Å². The van der Waals surface area contributed by atoms with Crippen molar-refractivity contribution in [3.63, 3.8) is 0 Å². The average molecular weight is 755 g/mol. The molecule has 1 aromatic carbocycles. The molecule has 3 atom stereocenters. The number of benzene rings is 1. The maximum absolute atomic E-state index is 16.1. The van der Waals surface area contributed by atoms with Crippen LogP contribution in [0.4, 0.5) is 14.9 Å². The number of rotatable bonds is 11. The van der Waals surface area contributed by atoms with Gasteiger partial charge in [0, 0.05) is 44.9 Å². The molecule has 3 amide bonds. The van der Waals surface area contributed by atoms with Gasteiger partial charge in [-0.1, -0.05) is 37.3 Å². The van der Waals surface area contributed by atoms with Gasteiger partial charge in [0.25, 0.3) is 5.91 Å². The van der Waals surface area contributed by atoms with Crippen molar-refractivity contribution in [2.24, 2.45) is 10.9 Å². The van der Waals surface area contributed by atoms with Gasteiger partial charge in [-0.05, 0) is 58.4 Å². The van der Waals surface area contributed by atoms with Crippen molar-refractivity contribution < 1.29 is 37.7 Å². The minimum atomic E-state index is -1.45. The van der Waals surface area contributed by atoms with E-state index < -0.39 is 47.7 Å². The Balaban J connectivity index is 1.51. The number of anilines is 1. The Hall–Kier alpha value is -4.04. The molecule has 1 saturated heterocycles. The van der Waals surface area contributed by atoms with E-state index in [2.05, 4.69) is 40.8 Å². The molecule has 1 saturated carbocycles. The Bertz CT molecular complexity index is 1740. The van der Waals surface area contributed by atoms with E-state index in [1.165, 1.54) is 47.3 Å². The van der Waals surface area contributed by atoms with Crippen molar-refractivity contribution in [1.29, 1.82) is 0 Å². The molecule has 16 heteroatoms. The number of hydrogen-bond acceptors (Lipinski definition) is 11. The number of amidine groups is 1. The third-order valence-electron chi connectivity index (χ3n) is 8.85. The molecule has 1 N–H and O–H groups in total. The number of thioether (sulfide) groups is 1. The van der Waals surface area contributed by atoms with Crippen LogP contribution in [0.25, 0.3) is 0 Å². The molecule has 52 heavy (non-hydrogen) atoms. The first-order chi connectivity index (χ1) is 24.5. The number of ether oxygens (including phenoxy) is 4. The summed E-state index contributed by atoms with van der Waals surface area (Å²) in [4.78, 5) is 57.6. The lowest BCUT2D eigenvalue weighted by atomic mass is 9.85. The highest BCUT2D eigenvalue weighted by molar-refractivity contribution is 8.16. The summed E-state index contributed by atoms with van der Waals surface area (Å²) in [5.41, 5.74) is -1.74. The van der Waals surface area contributed by atoms with Gasteiger partial charge in [-0.25, -0.2) is 24.1 Å². The van der Waals surface area contributed by atoms with Crippen LogP contribution < -0.4 is 10.1 Å². The zero-order valence-corrected chi connectivity index (χ0v) is 32.6. The Morgan fingerprint density at radius 2 is 1.92 bits per heavy atom. The molecule has 0 unspecified atom stereocenters. The van der Waals surface area contributed by atoms with Crippen LogP contribution in [0, 0.1) is 24.1 Å². The lowest BCUT2D eigenvalue weighted by Gasteiger charge is -2.39. The van der Waals surface area contributed by atoms with Crippen molar-refractivity contribution in [2.45, 2.75) is 75.7 Å². The van der Waals surface area contributed by atoms with Crippen LogP contribution in [-0.2, 0) is 24.5 Å². The van der Waals surface area contributed by atoms with Crippen LogP contribution in [0.5, 0.6) is 5.88 Å². The van der Waals surface area contributed by atoms with Gasteiger partial charge < -0.3 is 29.2 Å². The van der Waals surface area contributed by atoms with Gasteiger partial charge >= 0.3 is 6.09 Å². The second-order valence-electron chi connectivity index (χ2n) is 15.3. The molecular weight excluding hydrogens is 708 g/mol. The van der Waals surface area contributed by atoms with Gasteiger partial charge in [0.05, 0.1) is 31.1 Å². The molecule has 2 aromatic rings. The average Bonchev–Trinajstić information content (AvgIpc) is 3.84. The first-order valence-electron chi connectivity index (χ1n) is 17.2. The number of aliphatic imine (C=N–C) groups is 1. The largest absolute Gasteiger partial charge is 0.463 e. The minimum Gasteiger partial charge on any atom is -0.463 e. The molecule has 2 aliphatic heterocycles. The SMILES string of the molecule is C#CCOc1cnc(C(=O)Nc2ccc(F)c([C@@]3(C)N=C(N(COCC[Si](C)(C)C)C(=O)OC(C)(C)C)S[C@@]4(C(=O)N5CCOCC5)C[C@H]43)c2)cn1. The first-order valence-corrected chi connectivity index (χ1v) is 21.7. The number of carbonyl (C=O) groups excluding carboxylic acids is 3. The summed E-state index contributed by atoms with van der Waals surface area (Å²) in [5, 5.41) is 2.95. The molecule has 3 heterocycles. The number of amides is 3. The van der Waals surface area contributed by atoms with Crippen molar-refractivity contribution in [3.05, 3.63) is 47.7 Å². The number of terminal acetylenes is 1. The highest BCUT2D eigenvalue weighted by Gasteiger charge is 2.72. The summed E-state index contributed by atoms with van der Waals surface area (Å²) in [6.45, 7) is 15.6. The van der Waals surface area contributed by atoms with Gasteiger partial charge in [0.2, 0.25) is 11.8 Å². The fraction of sp³-hybridized carbons (Fsp3) is 0.556. The van der Waals surface area contributed by atoms with Crippen LogP contribution >= 0.6 is 11.8 Å². The highest BCUT2D eigenvalue weighted by atomic mass is 32.2. The molecule has 1 aliphatic carbocycles. The van der Waals surface area contributed by atoms with E-state index in [0.717, 1.165) is 6.04 Å². The Morgan fingerprint density at radius 1 is 1.19 bits per heavy atom. The molecule has 0 spiro atoms. The van der Waals surface area contributed by atoms with Gasteiger partial charge in [0.15, 0.2) is 11.8 Å². The van der Waals surface area contributed by atoms with E-state index in [-0.39, 0.29) is 47.2 Å². The standard InChI is InChI=1S/C36H47FN6O7SSi/c1-9-14-49-29-22-38-27(21-39-29)30(44)40-24-10-11-26(37)25(19-24)35(5)28-20-36(28,31(45)42-12-15-47-16-13-42)51-32(41-35)43(33(46)50-34(2,3)4)23-48-17-18-52(6,7)8/h1,10-11,19,21-22,28H,12-18,20,23H2,2-8H3,(H,40,44)/t28-,35+,36-/m0/s1. The maximum atomic E-state index is 16.1. The number of aromatic nitrogens is 2. The Labute approximate surface area is 309 Å². The van der Waals surface area contributed by atoms with Crippen LogP contribution in [0.1, 0.15) is 50.2 Å². The van der Waals surface area contributed by atoms with Gasteiger partial charge in [-0.3, -0.25) is 14.6 Å². The number of halogens is 1. The van der Waals surface area contributed by atoms with Crippen LogP contribution in [0.2, 0.25) is 25.7 Å². The molecule has 0 radical (unpaired) electrons. The van der Waals surface area contributed by atoms with Gasteiger partial charge in [-0.2, -0.15) is 0 Å². The van der Waals surface area contributed by atoms with E-state index >= 15 is 4.39 Å². The quantitative estimate of drug-likeness (QED) is 0.138. The van der Waals surface area contributed by atoms with E-state index in [9.17, 15) is 14.4 Å². The number of hydrogen-bond donors (Lipinski definition) is 1. The van der Waals surface area contributed by atoms with Crippen LogP contribution in [-0.4, -0.2) is 108 Å². The molecule has 280 valence electrons. The fourth-order valence-corrected chi connectivity index (χ4v) is 8.39. The molecule has 2 fully saturated rings. The topological polar surface area (TPSA) is 145 Å². The highest BCUT2D eigenvalue weighted by Crippen LogP contribution is 2.67.